The number of benzene rings is 2. The Hall–Kier alpha value is -2.87. The molecule has 1 N–H and O–H groups in total. The molecule has 1 aliphatic heterocycles. The van der Waals surface area contributed by atoms with Gasteiger partial charge in [0.1, 0.15) is 23.7 Å². The third-order valence-corrected chi connectivity index (χ3v) is 5.63. The van der Waals surface area contributed by atoms with E-state index in [-0.39, 0.29) is 13.2 Å². The second-order valence-electron chi connectivity index (χ2n) is 8.71. The van der Waals surface area contributed by atoms with Gasteiger partial charge in [-0.2, -0.15) is 5.10 Å². The molecule has 1 saturated heterocycles. The second kappa shape index (κ2) is 11.3. The molecule has 4 rings (SSSR count). The van der Waals surface area contributed by atoms with E-state index >= 15 is 0 Å². The summed E-state index contributed by atoms with van der Waals surface area (Å²) in [6.45, 7) is 6.48. The highest BCUT2D eigenvalue weighted by Gasteiger charge is 2.33. The molecule has 3 aromatic rings. The topological polar surface area (TPSA) is 69.0 Å². The molecule has 0 spiro atoms. The van der Waals surface area contributed by atoms with Gasteiger partial charge in [-0.3, -0.25) is 9.58 Å². The second-order valence-corrected chi connectivity index (χ2v) is 8.71. The van der Waals surface area contributed by atoms with E-state index in [4.69, 9.17) is 14.2 Å². The van der Waals surface area contributed by atoms with Gasteiger partial charge in [-0.05, 0) is 42.8 Å². The van der Waals surface area contributed by atoms with Crippen LogP contribution in [0.4, 0.5) is 0 Å². The molecular weight excluding hydrogens is 418 g/mol. The molecule has 1 aliphatic rings. The van der Waals surface area contributed by atoms with E-state index in [1.165, 1.54) is 5.56 Å². The minimum Gasteiger partial charge on any atom is -0.494 e. The van der Waals surface area contributed by atoms with Gasteiger partial charge in [0.2, 0.25) is 0 Å². The zero-order valence-electron chi connectivity index (χ0n) is 19.2. The van der Waals surface area contributed by atoms with Crippen LogP contribution >= 0.6 is 0 Å². The highest BCUT2D eigenvalue weighted by Crippen LogP contribution is 2.20. The van der Waals surface area contributed by atoms with E-state index in [0.717, 1.165) is 36.6 Å². The molecule has 2 aromatic carbocycles. The molecule has 0 radical (unpaired) electrons. The lowest BCUT2D eigenvalue weighted by molar-refractivity contribution is -0.0646. The van der Waals surface area contributed by atoms with Crippen LogP contribution < -0.4 is 9.47 Å². The van der Waals surface area contributed by atoms with Crippen molar-refractivity contribution in [3.63, 3.8) is 0 Å². The van der Waals surface area contributed by atoms with Crippen LogP contribution in [0.3, 0.4) is 0 Å². The predicted octanol–water partition coefficient (Wildman–Crippen LogP) is 3.30. The number of aliphatic hydroxyl groups is 1. The maximum atomic E-state index is 11.2. The molecule has 1 aromatic heterocycles. The predicted molar refractivity (Wildman–Crippen MR) is 127 cm³/mol. The van der Waals surface area contributed by atoms with E-state index < -0.39 is 5.60 Å². The number of nitrogens with zero attached hydrogens (tertiary/aromatic N) is 3. The summed E-state index contributed by atoms with van der Waals surface area (Å²) in [5, 5.41) is 15.4. The van der Waals surface area contributed by atoms with Gasteiger partial charge in [-0.15, -0.1) is 0 Å². The van der Waals surface area contributed by atoms with Crippen molar-refractivity contribution in [1.29, 1.82) is 0 Å². The van der Waals surface area contributed by atoms with Crippen molar-refractivity contribution >= 4 is 0 Å². The van der Waals surface area contributed by atoms with Crippen molar-refractivity contribution < 1.29 is 19.3 Å². The van der Waals surface area contributed by atoms with E-state index in [0.29, 0.717) is 26.3 Å². The largest absolute Gasteiger partial charge is 0.494 e. The van der Waals surface area contributed by atoms with Crippen LogP contribution in [0.2, 0.25) is 0 Å². The summed E-state index contributed by atoms with van der Waals surface area (Å²) in [5.41, 5.74) is 1.25. The van der Waals surface area contributed by atoms with Crippen LogP contribution in [-0.4, -0.2) is 64.9 Å². The molecule has 7 heteroatoms. The number of ether oxygens (including phenoxy) is 3. The van der Waals surface area contributed by atoms with Gasteiger partial charge in [0.25, 0.3) is 0 Å². The first-order valence-corrected chi connectivity index (χ1v) is 11.5. The standard InChI is InChI=1S/C26H33N3O4/c1-22-7-9-24(10-8-22)33-21-26(30)19-28(14-16-31-20-26)18-23-5-2-6-25(17-23)32-15-4-13-29-12-3-11-27-29/h2-3,5-12,17,30H,4,13-16,18-21H2,1H3/t26-/m0/s1. The van der Waals surface area contributed by atoms with Gasteiger partial charge >= 0.3 is 0 Å². The smallest absolute Gasteiger partial charge is 0.134 e. The number of β-amino-alcohol motifs (C(OH)–C–C–N with tert-alkyl or cyclic N) is 1. The molecule has 0 aliphatic carbocycles. The normalized spacial score (nSPS) is 19.2. The monoisotopic (exact) mass is 451 g/mol. The average molecular weight is 452 g/mol. The van der Waals surface area contributed by atoms with Gasteiger partial charge in [-0.25, -0.2) is 0 Å². The zero-order chi connectivity index (χ0) is 22.9. The molecule has 0 saturated carbocycles. The van der Waals surface area contributed by atoms with Gasteiger partial charge in [-0.1, -0.05) is 29.8 Å². The van der Waals surface area contributed by atoms with Crippen molar-refractivity contribution in [2.24, 2.45) is 0 Å². The Morgan fingerprint density at radius 2 is 1.97 bits per heavy atom. The fraction of sp³-hybridized carbons (Fsp3) is 0.423. The minimum atomic E-state index is -1.07. The summed E-state index contributed by atoms with van der Waals surface area (Å²) < 4.78 is 19.4. The van der Waals surface area contributed by atoms with E-state index in [2.05, 4.69) is 22.1 Å². The molecule has 0 unspecified atom stereocenters. The number of hydrogen-bond acceptors (Lipinski definition) is 6. The SMILES string of the molecule is Cc1ccc(OC[C@@]2(O)COCCN(Cc3cccc(OCCCn4cccn4)c3)C2)cc1. The van der Waals surface area contributed by atoms with E-state index in [1.807, 2.05) is 60.3 Å². The Bertz CT molecular complexity index is 977. The lowest BCUT2D eigenvalue weighted by Crippen LogP contribution is -2.48. The Morgan fingerprint density at radius 3 is 2.79 bits per heavy atom. The van der Waals surface area contributed by atoms with Crippen LogP contribution in [0, 0.1) is 6.92 Å². The van der Waals surface area contributed by atoms with Gasteiger partial charge in [0, 0.05) is 45.0 Å². The molecule has 0 bridgehead atoms. The third-order valence-electron chi connectivity index (χ3n) is 5.63. The van der Waals surface area contributed by atoms with Crippen molar-refractivity contribution in [3.8, 4) is 11.5 Å². The highest BCUT2D eigenvalue weighted by atomic mass is 16.5. The summed E-state index contributed by atoms with van der Waals surface area (Å²) >= 11 is 0. The fourth-order valence-electron chi connectivity index (χ4n) is 3.91. The van der Waals surface area contributed by atoms with Gasteiger partial charge in [0.15, 0.2) is 0 Å². The summed E-state index contributed by atoms with van der Waals surface area (Å²) in [7, 11) is 0. The Labute approximate surface area is 195 Å². The van der Waals surface area contributed by atoms with Crippen LogP contribution in [0.25, 0.3) is 0 Å². The van der Waals surface area contributed by atoms with Crippen LogP contribution in [0.15, 0.2) is 67.0 Å². The third kappa shape index (κ3) is 7.32. The minimum absolute atomic E-state index is 0.186. The number of rotatable bonds is 10. The molecule has 176 valence electrons. The summed E-state index contributed by atoms with van der Waals surface area (Å²) in [4.78, 5) is 2.21. The lowest BCUT2D eigenvalue weighted by Gasteiger charge is -2.30. The summed E-state index contributed by atoms with van der Waals surface area (Å²) in [6, 6.07) is 17.9. The summed E-state index contributed by atoms with van der Waals surface area (Å²) in [5.74, 6) is 1.61. The molecular formula is C26H33N3O4. The molecule has 2 heterocycles. The van der Waals surface area contributed by atoms with Gasteiger partial charge in [0.05, 0.1) is 19.8 Å². The van der Waals surface area contributed by atoms with Crippen LogP contribution in [0.1, 0.15) is 17.5 Å². The maximum absolute atomic E-state index is 11.2. The van der Waals surface area contributed by atoms with Crippen molar-refractivity contribution in [2.75, 3.05) is 39.5 Å². The van der Waals surface area contributed by atoms with Crippen molar-refractivity contribution in [2.45, 2.75) is 32.0 Å². The zero-order valence-corrected chi connectivity index (χ0v) is 19.2. The Kier molecular flexibility index (Phi) is 7.99. The molecule has 7 nitrogen and oxygen atoms in total. The van der Waals surface area contributed by atoms with Gasteiger partial charge < -0.3 is 19.3 Å². The Balaban J connectivity index is 1.28. The number of hydrogen-bond donors (Lipinski definition) is 1. The number of aryl methyl sites for hydroxylation is 2. The summed E-state index contributed by atoms with van der Waals surface area (Å²) in [6.07, 6.45) is 4.63. The first kappa shape index (κ1) is 23.3. The average Bonchev–Trinajstić information content (AvgIpc) is 3.26. The first-order valence-electron chi connectivity index (χ1n) is 11.5. The lowest BCUT2D eigenvalue weighted by atomic mass is 10.1. The highest BCUT2D eigenvalue weighted by molar-refractivity contribution is 5.29. The molecule has 1 atom stereocenters. The fourth-order valence-corrected chi connectivity index (χ4v) is 3.91. The van der Waals surface area contributed by atoms with E-state index in [1.54, 1.807) is 6.20 Å². The van der Waals surface area contributed by atoms with Crippen LogP contribution in [-0.2, 0) is 17.8 Å². The van der Waals surface area contributed by atoms with Crippen LogP contribution in [0.5, 0.6) is 11.5 Å². The van der Waals surface area contributed by atoms with Crippen molar-refractivity contribution in [1.82, 2.24) is 14.7 Å². The molecule has 0 amide bonds. The molecule has 1 fully saturated rings. The van der Waals surface area contributed by atoms with E-state index in [9.17, 15) is 5.11 Å². The molecule has 33 heavy (non-hydrogen) atoms. The maximum Gasteiger partial charge on any atom is 0.134 e. The first-order chi connectivity index (χ1) is 16.1. The van der Waals surface area contributed by atoms with Crippen molar-refractivity contribution in [3.05, 3.63) is 78.1 Å². The quantitative estimate of drug-likeness (QED) is 0.477. The number of aromatic nitrogens is 2. The Morgan fingerprint density at radius 1 is 1.09 bits per heavy atom.